The molecule has 1 rings (SSSR count). The van der Waals surface area contributed by atoms with Crippen molar-refractivity contribution in [2.45, 2.75) is 96.7 Å². The highest BCUT2D eigenvalue weighted by atomic mass is 19.4. The molecule has 0 aromatic rings. The fourth-order valence-electron chi connectivity index (χ4n) is 3.77. The molecule has 1 saturated heterocycles. The molecular weight excluding hydrogens is 341 g/mol. The molecular formula is C20H37F3N2O. The predicted octanol–water partition coefficient (Wildman–Crippen LogP) is 5.39. The van der Waals surface area contributed by atoms with E-state index in [1.54, 1.807) is 0 Å². The van der Waals surface area contributed by atoms with Gasteiger partial charge in [0, 0.05) is 32.2 Å². The van der Waals surface area contributed by atoms with E-state index in [1.165, 1.54) is 57.8 Å². The molecule has 3 nitrogen and oxygen atoms in total. The summed E-state index contributed by atoms with van der Waals surface area (Å²) in [6.45, 7) is 5.92. The Balaban J connectivity index is 2.45. The molecule has 1 fully saturated rings. The lowest BCUT2D eigenvalue weighted by Gasteiger charge is -2.39. The number of alkyl halides is 3. The van der Waals surface area contributed by atoms with Crippen LogP contribution in [0.3, 0.4) is 0 Å². The first-order valence-corrected chi connectivity index (χ1v) is 10.5. The van der Waals surface area contributed by atoms with Crippen LogP contribution in [0.15, 0.2) is 0 Å². The number of rotatable bonds is 12. The van der Waals surface area contributed by atoms with Crippen LogP contribution in [0.2, 0.25) is 0 Å². The van der Waals surface area contributed by atoms with Crippen molar-refractivity contribution in [2.24, 2.45) is 0 Å². The highest BCUT2D eigenvalue weighted by molar-refractivity contribution is 5.81. The summed E-state index contributed by atoms with van der Waals surface area (Å²) in [7, 11) is 0. The Bertz CT molecular complexity index is 380. The third kappa shape index (κ3) is 8.74. The van der Waals surface area contributed by atoms with Gasteiger partial charge < -0.3 is 4.90 Å². The van der Waals surface area contributed by atoms with Gasteiger partial charge in [-0.1, -0.05) is 71.6 Å². The lowest BCUT2D eigenvalue weighted by Crippen LogP contribution is -2.54. The summed E-state index contributed by atoms with van der Waals surface area (Å²) in [6.07, 6.45) is 8.60. The fourth-order valence-corrected chi connectivity index (χ4v) is 3.77. The normalized spacial score (nSPS) is 17.5. The van der Waals surface area contributed by atoms with Crippen LogP contribution >= 0.6 is 0 Å². The topological polar surface area (TPSA) is 23.6 Å². The third-order valence-corrected chi connectivity index (χ3v) is 5.39. The van der Waals surface area contributed by atoms with Gasteiger partial charge in [-0.2, -0.15) is 13.2 Å². The minimum atomic E-state index is -4.75. The van der Waals surface area contributed by atoms with E-state index in [4.69, 9.17) is 0 Å². The average molecular weight is 379 g/mol. The summed E-state index contributed by atoms with van der Waals surface area (Å²) in [4.78, 5) is 14.7. The van der Waals surface area contributed by atoms with Crippen LogP contribution in [0, 0.1) is 0 Å². The Morgan fingerprint density at radius 1 is 0.808 bits per heavy atom. The van der Waals surface area contributed by atoms with E-state index in [0.29, 0.717) is 19.1 Å². The molecule has 0 radical (unpaired) electrons. The Morgan fingerprint density at radius 2 is 1.27 bits per heavy atom. The maximum absolute atomic E-state index is 12.6. The first kappa shape index (κ1) is 23.3. The van der Waals surface area contributed by atoms with E-state index < -0.39 is 12.1 Å². The number of unbranched alkanes of at least 4 members (excludes halogenated alkanes) is 7. The van der Waals surface area contributed by atoms with E-state index in [-0.39, 0.29) is 13.1 Å². The molecule has 0 N–H and O–H groups in total. The molecule has 26 heavy (non-hydrogen) atoms. The Kier molecular flexibility index (Phi) is 11.3. The number of carbonyl (C=O) groups excluding carboxylic acids is 1. The van der Waals surface area contributed by atoms with Gasteiger partial charge in [0.15, 0.2) is 0 Å². The lowest BCUT2D eigenvalue weighted by molar-refractivity contribution is -0.187. The molecule has 0 bridgehead atoms. The fraction of sp³-hybridized carbons (Fsp3) is 0.950. The van der Waals surface area contributed by atoms with Crippen LogP contribution in [0.4, 0.5) is 13.2 Å². The van der Waals surface area contributed by atoms with E-state index in [2.05, 4.69) is 18.7 Å². The summed E-state index contributed by atoms with van der Waals surface area (Å²) >= 11 is 0. The number of amides is 1. The van der Waals surface area contributed by atoms with Crippen molar-refractivity contribution >= 4 is 5.91 Å². The van der Waals surface area contributed by atoms with Gasteiger partial charge >= 0.3 is 12.1 Å². The SMILES string of the molecule is CCCCCCCC(CCCCCC)N1CCN(C(=O)C(F)(F)F)CC1. The van der Waals surface area contributed by atoms with Crippen molar-refractivity contribution in [1.82, 2.24) is 9.80 Å². The van der Waals surface area contributed by atoms with Crippen LogP contribution < -0.4 is 0 Å². The molecule has 0 aromatic carbocycles. The lowest BCUT2D eigenvalue weighted by atomic mass is 9.98. The van der Waals surface area contributed by atoms with Gasteiger partial charge in [0.1, 0.15) is 0 Å². The van der Waals surface area contributed by atoms with Gasteiger partial charge in [-0.25, -0.2) is 0 Å². The van der Waals surface area contributed by atoms with Crippen molar-refractivity contribution < 1.29 is 18.0 Å². The summed E-state index contributed by atoms with van der Waals surface area (Å²) < 4.78 is 37.8. The minimum Gasteiger partial charge on any atom is -0.332 e. The van der Waals surface area contributed by atoms with Crippen molar-refractivity contribution in [2.75, 3.05) is 26.2 Å². The summed E-state index contributed by atoms with van der Waals surface area (Å²) in [6, 6.07) is 0.455. The van der Waals surface area contributed by atoms with Gasteiger partial charge in [-0.3, -0.25) is 9.69 Å². The molecule has 0 aliphatic carbocycles. The number of hydrogen-bond donors (Lipinski definition) is 0. The Hall–Kier alpha value is -0.780. The van der Waals surface area contributed by atoms with Crippen LogP contribution in [0.25, 0.3) is 0 Å². The Labute approximate surface area is 157 Å². The maximum Gasteiger partial charge on any atom is 0.471 e. The van der Waals surface area contributed by atoms with Crippen LogP contribution in [-0.2, 0) is 4.79 Å². The number of hydrogen-bond acceptors (Lipinski definition) is 2. The second kappa shape index (κ2) is 12.6. The van der Waals surface area contributed by atoms with E-state index >= 15 is 0 Å². The smallest absolute Gasteiger partial charge is 0.332 e. The quantitative estimate of drug-likeness (QED) is 0.425. The van der Waals surface area contributed by atoms with Gasteiger partial charge in [0.25, 0.3) is 0 Å². The largest absolute Gasteiger partial charge is 0.471 e. The summed E-state index contributed by atoms with van der Waals surface area (Å²) in [5, 5.41) is 0. The van der Waals surface area contributed by atoms with Crippen LogP contribution in [0.1, 0.15) is 84.5 Å². The molecule has 1 unspecified atom stereocenters. The first-order valence-electron chi connectivity index (χ1n) is 10.5. The van der Waals surface area contributed by atoms with Crippen molar-refractivity contribution in [3.8, 4) is 0 Å². The maximum atomic E-state index is 12.6. The highest BCUT2D eigenvalue weighted by Gasteiger charge is 2.43. The van der Waals surface area contributed by atoms with Crippen molar-refractivity contribution in [3.05, 3.63) is 0 Å². The number of carbonyl (C=O) groups is 1. The zero-order valence-electron chi connectivity index (χ0n) is 16.6. The highest BCUT2D eigenvalue weighted by Crippen LogP contribution is 2.23. The second-order valence-corrected chi connectivity index (χ2v) is 7.53. The van der Waals surface area contributed by atoms with Gasteiger partial charge in [-0.05, 0) is 12.8 Å². The predicted molar refractivity (Wildman–Crippen MR) is 100 cm³/mol. The molecule has 0 saturated carbocycles. The van der Waals surface area contributed by atoms with E-state index in [1.807, 2.05) is 0 Å². The average Bonchev–Trinajstić information content (AvgIpc) is 2.62. The molecule has 154 valence electrons. The van der Waals surface area contributed by atoms with Crippen LogP contribution in [-0.4, -0.2) is 54.1 Å². The Morgan fingerprint density at radius 3 is 1.73 bits per heavy atom. The van der Waals surface area contributed by atoms with Gasteiger partial charge in [0.2, 0.25) is 0 Å². The first-order chi connectivity index (χ1) is 12.4. The zero-order valence-corrected chi connectivity index (χ0v) is 16.6. The van der Waals surface area contributed by atoms with E-state index in [9.17, 15) is 18.0 Å². The van der Waals surface area contributed by atoms with Crippen LogP contribution in [0.5, 0.6) is 0 Å². The molecule has 1 aliphatic rings. The molecule has 1 atom stereocenters. The van der Waals surface area contributed by atoms with Crippen molar-refractivity contribution in [3.63, 3.8) is 0 Å². The number of nitrogens with zero attached hydrogens (tertiary/aromatic N) is 2. The molecule has 1 amide bonds. The van der Waals surface area contributed by atoms with Crippen molar-refractivity contribution in [1.29, 1.82) is 0 Å². The number of halogens is 3. The number of piperazine rings is 1. The van der Waals surface area contributed by atoms with Gasteiger partial charge in [-0.15, -0.1) is 0 Å². The molecule has 0 aromatic heterocycles. The molecule has 1 heterocycles. The van der Waals surface area contributed by atoms with Gasteiger partial charge in [0.05, 0.1) is 0 Å². The molecule has 0 spiro atoms. The van der Waals surface area contributed by atoms with E-state index in [0.717, 1.165) is 17.7 Å². The molecule has 1 aliphatic heterocycles. The summed E-state index contributed by atoms with van der Waals surface area (Å²) in [5.41, 5.74) is 0. The zero-order chi connectivity index (χ0) is 19.4. The third-order valence-electron chi connectivity index (χ3n) is 5.39. The minimum absolute atomic E-state index is 0.194. The molecule has 6 heteroatoms. The monoisotopic (exact) mass is 378 g/mol. The summed E-state index contributed by atoms with van der Waals surface area (Å²) in [5.74, 6) is -1.68. The standard InChI is InChI=1S/C20H37F3N2O/c1-3-5-7-9-11-13-18(12-10-8-6-4-2)24-14-16-25(17-15-24)19(26)20(21,22)23/h18H,3-17H2,1-2H3. The second-order valence-electron chi connectivity index (χ2n) is 7.53.